The third kappa shape index (κ3) is 1.90. The molecule has 5 aliphatic rings. The van der Waals surface area contributed by atoms with Crippen LogP contribution < -0.4 is 0 Å². The van der Waals surface area contributed by atoms with Gasteiger partial charge in [0.1, 0.15) is 5.60 Å². The maximum Gasteiger partial charge on any atom is 0.303 e. The van der Waals surface area contributed by atoms with Gasteiger partial charge in [0.2, 0.25) is 0 Å². The minimum absolute atomic E-state index is 0.0354. The highest BCUT2D eigenvalue weighted by molar-refractivity contribution is 5.92. The van der Waals surface area contributed by atoms with Gasteiger partial charge in [-0.05, 0) is 63.4 Å². The average Bonchev–Trinajstić information content (AvgIpc) is 3.25. The summed E-state index contributed by atoms with van der Waals surface area (Å²) >= 11 is 0. The molecule has 0 amide bonds. The van der Waals surface area contributed by atoms with Gasteiger partial charge in [-0.2, -0.15) is 0 Å². The molecule has 1 aliphatic heterocycles. The van der Waals surface area contributed by atoms with Crippen molar-refractivity contribution in [3.63, 3.8) is 0 Å². The summed E-state index contributed by atoms with van der Waals surface area (Å²) in [6, 6.07) is 0. The van der Waals surface area contributed by atoms with Gasteiger partial charge in [-0.1, -0.05) is 19.4 Å². The zero-order valence-electron chi connectivity index (χ0n) is 17.3. The van der Waals surface area contributed by atoms with Crippen LogP contribution >= 0.6 is 0 Å². The van der Waals surface area contributed by atoms with Crippen molar-refractivity contribution < 1.29 is 23.9 Å². The Bertz CT molecular complexity index is 829. The second-order valence-corrected chi connectivity index (χ2v) is 10.3. The molecule has 4 aliphatic carbocycles. The van der Waals surface area contributed by atoms with E-state index in [1.165, 1.54) is 12.5 Å². The van der Waals surface area contributed by atoms with E-state index in [1.807, 2.05) is 6.08 Å². The summed E-state index contributed by atoms with van der Waals surface area (Å²) < 4.78 is 12.4. The van der Waals surface area contributed by atoms with Gasteiger partial charge in [0, 0.05) is 24.2 Å². The van der Waals surface area contributed by atoms with Gasteiger partial charge in [-0.25, -0.2) is 0 Å². The second kappa shape index (κ2) is 5.35. The third-order valence-electron chi connectivity index (χ3n) is 9.34. The first kappa shape index (κ1) is 18.5. The van der Waals surface area contributed by atoms with Gasteiger partial charge in [0.05, 0.1) is 6.10 Å². The molecule has 0 aromatic rings. The summed E-state index contributed by atoms with van der Waals surface area (Å²) in [5.41, 5.74) is -0.436. The van der Waals surface area contributed by atoms with Crippen molar-refractivity contribution >= 4 is 17.5 Å². The lowest BCUT2D eigenvalue weighted by Gasteiger charge is -2.56. The maximum atomic E-state index is 12.8. The van der Waals surface area contributed by atoms with E-state index in [4.69, 9.17) is 9.47 Å². The number of carbonyl (C=O) groups excluding carboxylic acids is 3. The summed E-state index contributed by atoms with van der Waals surface area (Å²) in [7, 11) is 0. The fourth-order valence-corrected chi connectivity index (χ4v) is 8.07. The predicted molar refractivity (Wildman–Crippen MR) is 101 cm³/mol. The number of carbonyl (C=O) groups is 3. The van der Waals surface area contributed by atoms with Crippen molar-refractivity contribution in [3.05, 3.63) is 11.6 Å². The Balaban J connectivity index is 1.57. The van der Waals surface area contributed by atoms with Crippen molar-refractivity contribution in [2.75, 3.05) is 0 Å². The first-order valence-electron chi connectivity index (χ1n) is 10.7. The number of ketones is 2. The van der Waals surface area contributed by atoms with E-state index in [2.05, 4.69) is 13.8 Å². The van der Waals surface area contributed by atoms with E-state index >= 15 is 0 Å². The molecule has 1 heterocycles. The predicted octanol–water partition coefficient (Wildman–Crippen LogP) is 3.54. The normalized spacial score (nSPS) is 51.2. The molecule has 0 radical (unpaired) electrons. The Morgan fingerprint density at radius 2 is 1.86 bits per heavy atom. The summed E-state index contributed by atoms with van der Waals surface area (Å²) in [4.78, 5) is 36.8. The topological polar surface area (TPSA) is 73.0 Å². The zero-order valence-corrected chi connectivity index (χ0v) is 17.3. The lowest BCUT2D eigenvalue weighted by molar-refractivity contribution is -0.184. The molecule has 28 heavy (non-hydrogen) atoms. The quantitative estimate of drug-likeness (QED) is 0.536. The van der Waals surface area contributed by atoms with E-state index in [0.717, 1.165) is 32.1 Å². The van der Waals surface area contributed by atoms with Crippen LogP contribution in [0.5, 0.6) is 0 Å². The minimum atomic E-state index is -1.03. The Kier molecular flexibility index (Phi) is 3.54. The molecule has 0 aromatic carbocycles. The smallest absolute Gasteiger partial charge is 0.303 e. The molecular formula is C23H30O5. The van der Waals surface area contributed by atoms with E-state index in [-0.39, 0.29) is 40.1 Å². The fourth-order valence-electron chi connectivity index (χ4n) is 8.07. The van der Waals surface area contributed by atoms with Crippen LogP contribution in [0.4, 0.5) is 0 Å². The molecular weight excluding hydrogens is 356 g/mol. The molecule has 0 bridgehead atoms. The minimum Gasteiger partial charge on any atom is -0.451 e. The van der Waals surface area contributed by atoms with Gasteiger partial charge >= 0.3 is 5.97 Å². The van der Waals surface area contributed by atoms with E-state index in [9.17, 15) is 14.4 Å². The number of ether oxygens (including phenoxy) is 2. The van der Waals surface area contributed by atoms with Crippen LogP contribution in [0.15, 0.2) is 11.6 Å². The van der Waals surface area contributed by atoms with E-state index in [0.29, 0.717) is 24.7 Å². The molecule has 7 atom stereocenters. The highest BCUT2D eigenvalue weighted by Gasteiger charge is 2.81. The molecule has 0 aromatic heterocycles. The average molecular weight is 386 g/mol. The van der Waals surface area contributed by atoms with Crippen LogP contribution in [0, 0.1) is 22.7 Å². The summed E-state index contributed by atoms with van der Waals surface area (Å²) in [5.74, 6) is 0.476. The molecule has 1 saturated heterocycles. The fraction of sp³-hybridized carbons (Fsp3) is 0.783. The van der Waals surface area contributed by atoms with Crippen LogP contribution in [-0.4, -0.2) is 34.8 Å². The summed E-state index contributed by atoms with van der Waals surface area (Å²) in [6.45, 7) is 7.42. The van der Waals surface area contributed by atoms with Crippen LogP contribution in [0.25, 0.3) is 0 Å². The molecule has 4 fully saturated rings. The molecule has 0 N–H and O–H groups in total. The maximum absolute atomic E-state index is 12.8. The molecule has 152 valence electrons. The molecule has 5 heteroatoms. The lowest BCUT2D eigenvalue weighted by Crippen LogP contribution is -2.62. The van der Waals surface area contributed by atoms with Gasteiger partial charge in [-0.15, -0.1) is 0 Å². The monoisotopic (exact) mass is 386 g/mol. The summed E-state index contributed by atoms with van der Waals surface area (Å²) in [5, 5.41) is 0. The number of esters is 1. The van der Waals surface area contributed by atoms with Crippen LogP contribution in [-0.2, 0) is 23.9 Å². The standard InChI is InChI=1S/C23H30O5/c1-13(24)22(27-14(2)25)10-8-17-18-6-5-15-11-16(26)7-9-20(15,3)23(18)19(28-23)12-21(17,22)4/h11,17-19H,5-10,12H2,1-4H3/t17-,18-,19?,20-,21-,22-,23?/m0/s1. The molecule has 3 saturated carbocycles. The summed E-state index contributed by atoms with van der Waals surface area (Å²) in [6.07, 6.45) is 7.57. The Morgan fingerprint density at radius 1 is 1.11 bits per heavy atom. The first-order valence-corrected chi connectivity index (χ1v) is 10.7. The van der Waals surface area contributed by atoms with Crippen molar-refractivity contribution in [3.8, 4) is 0 Å². The molecule has 5 nitrogen and oxygen atoms in total. The zero-order chi connectivity index (χ0) is 20.1. The van der Waals surface area contributed by atoms with Crippen LogP contribution in [0.1, 0.15) is 72.6 Å². The van der Waals surface area contributed by atoms with E-state index in [1.54, 1.807) is 6.92 Å². The first-order chi connectivity index (χ1) is 13.1. The van der Waals surface area contributed by atoms with Crippen LogP contribution in [0.3, 0.4) is 0 Å². The largest absolute Gasteiger partial charge is 0.451 e. The highest BCUT2D eigenvalue weighted by Crippen LogP contribution is 2.76. The number of hydrogen-bond acceptors (Lipinski definition) is 5. The number of hydrogen-bond donors (Lipinski definition) is 0. The molecule has 1 spiro atoms. The SMILES string of the molecule is CC(=O)O[C@]1(C(C)=O)CC[C@H]2[C@@H]3CCC4=CC(=O)CC[C@]4(C)C34OC4C[C@@]21C. The van der Waals surface area contributed by atoms with Gasteiger partial charge in [-0.3, -0.25) is 14.4 Å². The lowest BCUT2D eigenvalue weighted by atomic mass is 9.46. The van der Waals surface area contributed by atoms with Gasteiger partial charge in [0.15, 0.2) is 17.2 Å². The number of Topliss-reactive ketones (excluding diaryl/α,β-unsaturated/α-hetero) is 1. The number of epoxide rings is 1. The second-order valence-electron chi connectivity index (χ2n) is 10.3. The number of fused-ring (bicyclic) bond motifs is 3. The highest BCUT2D eigenvalue weighted by atomic mass is 16.6. The van der Waals surface area contributed by atoms with Crippen molar-refractivity contribution in [2.24, 2.45) is 22.7 Å². The van der Waals surface area contributed by atoms with Gasteiger partial charge in [0.25, 0.3) is 0 Å². The molecule has 5 rings (SSSR count). The Hall–Kier alpha value is -1.49. The van der Waals surface area contributed by atoms with Crippen molar-refractivity contribution in [2.45, 2.75) is 89.9 Å². The van der Waals surface area contributed by atoms with Crippen molar-refractivity contribution in [1.82, 2.24) is 0 Å². The number of rotatable bonds is 2. The third-order valence-corrected chi connectivity index (χ3v) is 9.34. The van der Waals surface area contributed by atoms with Crippen molar-refractivity contribution in [1.29, 1.82) is 0 Å². The van der Waals surface area contributed by atoms with Crippen LogP contribution in [0.2, 0.25) is 0 Å². The van der Waals surface area contributed by atoms with E-state index < -0.39 is 5.60 Å². The molecule has 2 unspecified atom stereocenters. The van der Waals surface area contributed by atoms with Gasteiger partial charge < -0.3 is 9.47 Å². The Morgan fingerprint density at radius 3 is 2.54 bits per heavy atom. The Labute approximate surface area is 166 Å².